The number of piperazine rings is 1. The number of sulfonamides is 1. The van der Waals surface area contributed by atoms with E-state index in [4.69, 9.17) is 4.74 Å². The summed E-state index contributed by atoms with van der Waals surface area (Å²) in [5.41, 5.74) is 0.740. The van der Waals surface area contributed by atoms with Gasteiger partial charge in [0.05, 0.1) is 12.8 Å². The first-order valence-electron chi connectivity index (χ1n) is 13.1. The standard InChI is InChI=1S/C26H36F2N4O4S/c1-17(2)32-19-4-5-20(32)15-22(14-19)36-21-6-7-23-18(12-21)13-24(31(23)16-25(27)28)26(33)29-8-10-30(11-9-29)37(3,34)35/h6-7,12-13,17,19-20,22,25H,4-5,8-11,14-16H2,1-3H3/t19-,20+,22-. The van der Waals surface area contributed by atoms with Gasteiger partial charge in [0.25, 0.3) is 12.3 Å². The topological polar surface area (TPSA) is 75.1 Å². The predicted molar refractivity (Wildman–Crippen MR) is 138 cm³/mol. The molecule has 37 heavy (non-hydrogen) atoms. The molecule has 3 fully saturated rings. The van der Waals surface area contributed by atoms with E-state index in [9.17, 15) is 22.0 Å². The fraction of sp³-hybridized carbons (Fsp3) is 0.654. The van der Waals surface area contributed by atoms with E-state index >= 15 is 0 Å². The van der Waals surface area contributed by atoms with Gasteiger partial charge in [-0.05, 0) is 63.8 Å². The molecule has 5 rings (SSSR count). The predicted octanol–water partition coefficient (Wildman–Crippen LogP) is 3.41. The van der Waals surface area contributed by atoms with E-state index in [0.717, 1.165) is 19.1 Å². The zero-order chi connectivity index (χ0) is 26.5. The van der Waals surface area contributed by atoms with E-state index in [2.05, 4.69) is 18.7 Å². The van der Waals surface area contributed by atoms with E-state index in [1.807, 2.05) is 6.07 Å². The van der Waals surface area contributed by atoms with Crippen LogP contribution in [-0.4, -0.2) is 96.1 Å². The molecule has 2 aromatic rings. The molecule has 11 heteroatoms. The highest BCUT2D eigenvalue weighted by atomic mass is 32.2. The summed E-state index contributed by atoms with van der Waals surface area (Å²) in [6, 6.07) is 8.64. The molecule has 1 aromatic heterocycles. The van der Waals surface area contributed by atoms with Crippen LogP contribution in [0.5, 0.6) is 5.75 Å². The Kier molecular flexibility index (Phi) is 7.23. The van der Waals surface area contributed by atoms with Crippen molar-refractivity contribution >= 4 is 26.8 Å². The van der Waals surface area contributed by atoms with Crippen molar-refractivity contribution in [3.05, 3.63) is 30.0 Å². The fourth-order valence-electron chi connectivity index (χ4n) is 6.51. The Morgan fingerprint density at radius 1 is 1.05 bits per heavy atom. The van der Waals surface area contributed by atoms with Gasteiger partial charge in [-0.25, -0.2) is 17.2 Å². The second kappa shape index (κ2) is 10.1. The number of halogens is 2. The van der Waals surface area contributed by atoms with Gasteiger partial charge >= 0.3 is 0 Å². The second-order valence-electron chi connectivity index (χ2n) is 10.8. The van der Waals surface area contributed by atoms with Gasteiger partial charge in [0.15, 0.2) is 0 Å². The summed E-state index contributed by atoms with van der Waals surface area (Å²) in [5, 5.41) is 0.680. The fourth-order valence-corrected chi connectivity index (χ4v) is 7.34. The van der Waals surface area contributed by atoms with Crippen molar-refractivity contribution < 1.29 is 26.7 Å². The summed E-state index contributed by atoms with van der Waals surface area (Å²) in [7, 11) is -3.34. The van der Waals surface area contributed by atoms with Gasteiger partial charge in [-0.3, -0.25) is 9.69 Å². The summed E-state index contributed by atoms with van der Waals surface area (Å²) in [6.45, 7) is 4.71. The van der Waals surface area contributed by atoms with Gasteiger partial charge < -0.3 is 14.2 Å². The van der Waals surface area contributed by atoms with Crippen LogP contribution in [0.1, 0.15) is 50.0 Å². The van der Waals surface area contributed by atoms with Crippen molar-refractivity contribution in [2.45, 2.75) is 76.7 Å². The molecule has 0 spiro atoms. The minimum atomic E-state index is -3.34. The lowest BCUT2D eigenvalue weighted by atomic mass is 9.98. The van der Waals surface area contributed by atoms with Gasteiger partial charge in [0.2, 0.25) is 10.0 Å². The quantitative estimate of drug-likeness (QED) is 0.540. The number of piperidine rings is 1. The number of amides is 1. The molecule has 0 N–H and O–H groups in total. The number of aromatic nitrogens is 1. The summed E-state index contributed by atoms with van der Waals surface area (Å²) in [6.07, 6.45) is 2.97. The van der Waals surface area contributed by atoms with Gasteiger partial charge in [-0.2, -0.15) is 4.31 Å². The number of rotatable bonds is 7. The molecule has 0 aliphatic carbocycles. The minimum Gasteiger partial charge on any atom is -0.490 e. The van der Waals surface area contributed by atoms with Crippen molar-refractivity contribution in [1.82, 2.24) is 18.7 Å². The van der Waals surface area contributed by atoms with Crippen LogP contribution in [0.2, 0.25) is 0 Å². The Morgan fingerprint density at radius 3 is 2.27 bits per heavy atom. The Hall–Kier alpha value is -2.24. The van der Waals surface area contributed by atoms with Crippen LogP contribution in [0.4, 0.5) is 8.78 Å². The lowest BCUT2D eigenvalue weighted by Crippen LogP contribution is -2.50. The van der Waals surface area contributed by atoms with Crippen LogP contribution in [-0.2, 0) is 16.6 Å². The number of hydrogen-bond acceptors (Lipinski definition) is 5. The molecule has 204 valence electrons. The van der Waals surface area contributed by atoms with E-state index < -0.39 is 23.0 Å². The zero-order valence-electron chi connectivity index (χ0n) is 21.6. The van der Waals surface area contributed by atoms with E-state index in [1.54, 1.807) is 18.2 Å². The third-order valence-electron chi connectivity index (χ3n) is 8.05. The maximum Gasteiger partial charge on any atom is 0.270 e. The molecule has 0 radical (unpaired) electrons. The molecule has 3 atom stereocenters. The van der Waals surface area contributed by atoms with Crippen molar-refractivity contribution in [1.29, 1.82) is 0 Å². The van der Waals surface area contributed by atoms with Crippen LogP contribution in [0, 0.1) is 0 Å². The number of fused-ring (bicyclic) bond motifs is 3. The molecule has 3 aliphatic rings. The highest BCUT2D eigenvalue weighted by molar-refractivity contribution is 7.88. The number of carbonyl (C=O) groups excluding carboxylic acids is 1. The first kappa shape index (κ1) is 26.4. The maximum absolute atomic E-state index is 13.5. The number of carbonyl (C=O) groups is 1. The molecule has 0 saturated carbocycles. The SMILES string of the molecule is CC(C)N1[C@@H]2CC[C@H]1C[C@H](Oc1ccc3c(c1)cc(C(=O)N1CCN(S(C)(=O)=O)CC1)n3CC(F)F)C2. The molecular weight excluding hydrogens is 502 g/mol. The highest BCUT2D eigenvalue weighted by Crippen LogP contribution is 2.39. The highest BCUT2D eigenvalue weighted by Gasteiger charge is 2.42. The molecular formula is C26H36F2N4O4S. The van der Waals surface area contributed by atoms with Crippen molar-refractivity contribution in [3.63, 3.8) is 0 Å². The zero-order valence-corrected chi connectivity index (χ0v) is 22.5. The van der Waals surface area contributed by atoms with Crippen LogP contribution < -0.4 is 4.74 Å². The molecule has 3 aliphatic heterocycles. The second-order valence-corrected chi connectivity index (χ2v) is 12.8. The van der Waals surface area contributed by atoms with Crippen LogP contribution >= 0.6 is 0 Å². The molecule has 0 unspecified atom stereocenters. The number of benzene rings is 1. The molecule has 1 aromatic carbocycles. The van der Waals surface area contributed by atoms with Crippen LogP contribution in [0.15, 0.2) is 24.3 Å². The Morgan fingerprint density at radius 2 is 1.70 bits per heavy atom. The molecule has 2 bridgehead atoms. The lowest BCUT2D eigenvalue weighted by molar-refractivity contribution is 0.0308. The number of alkyl halides is 2. The van der Waals surface area contributed by atoms with Crippen molar-refractivity contribution in [2.75, 3.05) is 32.4 Å². The minimum absolute atomic E-state index is 0.111. The normalized spacial score (nSPS) is 25.5. The van der Waals surface area contributed by atoms with E-state index in [-0.39, 0.29) is 43.9 Å². The number of nitrogens with zero attached hydrogens (tertiary/aromatic N) is 4. The Bertz CT molecular complexity index is 1240. The third kappa shape index (κ3) is 5.35. The maximum atomic E-state index is 13.5. The van der Waals surface area contributed by atoms with Crippen molar-refractivity contribution in [2.24, 2.45) is 0 Å². The van der Waals surface area contributed by atoms with Crippen LogP contribution in [0.3, 0.4) is 0 Å². The first-order valence-corrected chi connectivity index (χ1v) is 15.0. The molecule has 4 heterocycles. The average Bonchev–Trinajstić information content (AvgIpc) is 3.32. The summed E-state index contributed by atoms with van der Waals surface area (Å²) >= 11 is 0. The van der Waals surface area contributed by atoms with Gasteiger partial charge in [-0.15, -0.1) is 0 Å². The number of ether oxygens (including phenoxy) is 1. The smallest absolute Gasteiger partial charge is 0.270 e. The molecule has 8 nitrogen and oxygen atoms in total. The average molecular weight is 539 g/mol. The third-order valence-corrected chi connectivity index (χ3v) is 9.36. The summed E-state index contributed by atoms with van der Waals surface area (Å²) in [5.74, 6) is 0.315. The van der Waals surface area contributed by atoms with Gasteiger partial charge in [0.1, 0.15) is 17.5 Å². The van der Waals surface area contributed by atoms with Crippen molar-refractivity contribution in [3.8, 4) is 5.75 Å². The Balaban J connectivity index is 1.35. The number of hydrogen-bond donors (Lipinski definition) is 0. The van der Waals surface area contributed by atoms with Gasteiger partial charge in [0, 0.05) is 55.2 Å². The first-order chi connectivity index (χ1) is 17.5. The monoisotopic (exact) mass is 538 g/mol. The largest absolute Gasteiger partial charge is 0.490 e. The van der Waals surface area contributed by atoms with Gasteiger partial charge in [-0.1, -0.05) is 0 Å². The summed E-state index contributed by atoms with van der Waals surface area (Å²) < 4.78 is 59.7. The van der Waals surface area contributed by atoms with E-state index in [0.29, 0.717) is 34.8 Å². The lowest BCUT2D eigenvalue weighted by Gasteiger charge is -2.41. The van der Waals surface area contributed by atoms with E-state index in [1.165, 1.54) is 26.6 Å². The molecule has 3 saturated heterocycles. The summed E-state index contributed by atoms with van der Waals surface area (Å²) in [4.78, 5) is 17.5. The molecule has 1 amide bonds. The van der Waals surface area contributed by atoms with Crippen LogP contribution in [0.25, 0.3) is 10.9 Å². The Labute approximate surface area is 217 Å².